The van der Waals surface area contributed by atoms with Gasteiger partial charge in [0.15, 0.2) is 0 Å². The number of carbonyl (C=O) groups is 1. The Labute approximate surface area is 232 Å². The minimum absolute atomic E-state index is 0.132. The van der Waals surface area contributed by atoms with E-state index < -0.39 is 19.9 Å². The lowest BCUT2D eigenvalue weighted by molar-refractivity contribution is -0.151. The van der Waals surface area contributed by atoms with Crippen LogP contribution in [0.1, 0.15) is 117 Å². The van der Waals surface area contributed by atoms with Crippen LogP contribution in [0.3, 0.4) is 0 Å². The molecule has 0 aliphatic carbocycles. The predicted molar refractivity (Wildman–Crippen MR) is 151 cm³/mol. The summed E-state index contributed by atoms with van der Waals surface area (Å²) in [4.78, 5) is 24.1. The topological polar surface area (TPSA) is 94.5 Å². The smallest absolute Gasteiger partial charge is 0.458 e. The molecule has 0 aromatic rings. The first kappa shape index (κ1) is 33.7. The van der Waals surface area contributed by atoms with Gasteiger partial charge in [0, 0.05) is 32.5 Å². The van der Waals surface area contributed by atoms with E-state index in [1.165, 1.54) is 84.0 Å². The van der Waals surface area contributed by atoms with E-state index in [1.807, 2.05) is 6.92 Å². The molecule has 0 saturated carbocycles. The third kappa shape index (κ3) is 14.8. The van der Waals surface area contributed by atoms with E-state index in [9.17, 15) is 14.3 Å². The number of fused-ring (bicyclic) bond motifs is 2. The minimum Gasteiger partial charge on any atom is -0.458 e. The van der Waals surface area contributed by atoms with Gasteiger partial charge in [0.2, 0.25) is 0 Å². The van der Waals surface area contributed by atoms with Gasteiger partial charge in [-0.25, -0.2) is 4.57 Å². The summed E-state index contributed by atoms with van der Waals surface area (Å²) in [6.45, 7) is 8.91. The molecule has 0 radical (unpaired) electrons. The van der Waals surface area contributed by atoms with E-state index in [0.29, 0.717) is 12.5 Å². The van der Waals surface area contributed by atoms with E-state index in [2.05, 4.69) is 11.8 Å². The van der Waals surface area contributed by atoms with Gasteiger partial charge in [-0.05, 0) is 32.2 Å². The molecule has 2 rings (SSSR count). The minimum atomic E-state index is -4.26. The van der Waals surface area contributed by atoms with Crippen LogP contribution in [0.25, 0.3) is 0 Å². The van der Waals surface area contributed by atoms with E-state index in [4.69, 9.17) is 18.5 Å². The van der Waals surface area contributed by atoms with Crippen molar-refractivity contribution in [3.63, 3.8) is 0 Å². The van der Waals surface area contributed by atoms with Crippen LogP contribution in [0.4, 0.5) is 0 Å². The van der Waals surface area contributed by atoms with E-state index in [-0.39, 0.29) is 25.2 Å². The zero-order valence-corrected chi connectivity index (χ0v) is 25.3. The van der Waals surface area contributed by atoms with Crippen molar-refractivity contribution in [2.24, 2.45) is 11.8 Å². The summed E-state index contributed by atoms with van der Waals surface area (Å²) < 4.78 is 34.1. The lowest BCUT2D eigenvalue weighted by Gasteiger charge is -2.29. The molecule has 224 valence electrons. The molecular formula is C29H56NO7P. The third-order valence-electron chi connectivity index (χ3n) is 7.99. The summed E-state index contributed by atoms with van der Waals surface area (Å²) in [6.07, 6.45) is 18.2. The van der Waals surface area contributed by atoms with Crippen LogP contribution in [0.2, 0.25) is 0 Å². The highest BCUT2D eigenvalue weighted by Gasteiger charge is 2.43. The maximum atomic E-state index is 12.5. The highest BCUT2D eigenvalue weighted by Crippen LogP contribution is 2.48. The fraction of sp³-hybridized carbons (Fsp3) is 0.966. The van der Waals surface area contributed by atoms with E-state index in [1.54, 1.807) is 0 Å². The molecule has 0 aromatic carbocycles. The molecule has 2 aliphatic heterocycles. The third-order valence-corrected chi connectivity index (χ3v) is 9.06. The summed E-state index contributed by atoms with van der Waals surface area (Å²) in [6, 6.07) is 0. The van der Waals surface area contributed by atoms with E-state index in [0.717, 1.165) is 38.9 Å². The summed E-state index contributed by atoms with van der Waals surface area (Å²) in [7, 11) is -4.26. The van der Waals surface area contributed by atoms with Gasteiger partial charge in [0.05, 0.1) is 19.3 Å². The molecule has 0 amide bonds. The first-order chi connectivity index (χ1) is 18.3. The van der Waals surface area contributed by atoms with Crippen LogP contribution < -0.4 is 0 Å². The van der Waals surface area contributed by atoms with Crippen LogP contribution in [0.15, 0.2) is 0 Å². The van der Waals surface area contributed by atoms with Crippen molar-refractivity contribution in [3.05, 3.63) is 0 Å². The summed E-state index contributed by atoms with van der Waals surface area (Å²) in [5, 5.41) is 0. The van der Waals surface area contributed by atoms with Gasteiger partial charge in [-0.2, -0.15) is 0 Å². The van der Waals surface area contributed by atoms with Crippen molar-refractivity contribution in [1.82, 2.24) is 4.90 Å². The Kier molecular flexibility index (Phi) is 17.3. The zero-order chi connectivity index (χ0) is 27.6. The zero-order valence-electron chi connectivity index (χ0n) is 24.4. The van der Waals surface area contributed by atoms with Crippen LogP contribution in [0, 0.1) is 11.8 Å². The summed E-state index contributed by atoms with van der Waals surface area (Å²) in [5.41, 5.74) is 0. The normalized spacial score (nSPS) is 23.8. The molecule has 1 N–H and O–H groups in total. The summed E-state index contributed by atoms with van der Waals surface area (Å²) >= 11 is 0. The quantitative estimate of drug-likeness (QED) is 0.0773. The molecule has 6 atom stereocenters. The van der Waals surface area contributed by atoms with Gasteiger partial charge >= 0.3 is 13.8 Å². The number of unbranched alkanes of at least 4 members (excludes halogenated alkanes) is 13. The Morgan fingerprint density at radius 1 is 0.921 bits per heavy atom. The first-order valence-electron chi connectivity index (χ1n) is 15.4. The van der Waals surface area contributed by atoms with E-state index >= 15 is 0 Å². The molecule has 0 aromatic heterocycles. The molecule has 2 aliphatic rings. The van der Waals surface area contributed by atoms with Crippen LogP contribution in [-0.4, -0.2) is 67.4 Å². The van der Waals surface area contributed by atoms with Crippen molar-refractivity contribution < 1.29 is 32.8 Å². The SMILES string of the molecule is CCCCCCCCCCCCCCCCOCC(COP(=O)(O)OC(C)C1CN2CCC1C2)OC(C)=O. The van der Waals surface area contributed by atoms with Gasteiger partial charge in [-0.1, -0.05) is 90.4 Å². The number of carbonyl (C=O) groups excluding carboxylic acids is 1. The molecule has 6 unspecified atom stereocenters. The highest BCUT2D eigenvalue weighted by molar-refractivity contribution is 7.47. The second-order valence-electron chi connectivity index (χ2n) is 11.4. The lowest BCUT2D eigenvalue weighted by Crippen LogP contribution is -2.32. The number of hydrogen-bond donors (Lipinski definition) is 1. The van der Waals surface area contributed by atoms with Gasteiger partial charge in [-0.15, -0.1) is 0 Å². The maximum Gasteiger partial charge on any atom is 0.472 e. The highest BCUT2D eigenvalue weighted by atomic mass is 31.2. The van der Waals surface area contributed by atoms with Crippen LogP contribution in [-0.2, 0) is 27.9 Å². The fourth-order valence-electron chi connectivity index (χ4n) is 5.82. The summed E-state index contributed by atoms with van der Waals surface area (Å²) in [5.74, 6) is 0.282. The number of phosphoric ester groups is 1. The van der Waals surface area contributed by atoms with Crippen LogP contribution in [0.5, 0.6) is 0 Å². The van der Waals surface area contributed by atoms with Gasteiger partial charge < -0.3 is 19.3 Å². The monoisotopic (exact) mass is 561 g/mol. The van der Waals surface area contributed by atoms with Crippen molar-refractivity contribution in [2.75, 3.05) is 39.5 Å². The molecular weight excluding hydrogens is 505 g/mol. The second-order valence-corrected chi connectivity index (χ2v) is 12.9. The Bertz CT molecular complexity index is 679. The van der Waals surface area contributed by atoms with Gasteiger partial charge in [0.25, 0.3) is 0 Å². The van der Waals surface area contributed by atoms with Gasteiger partial charge in [-0.3, -0.25) is 13.8 Å². The molecule has 0 spiro atoms. The number of esters is 1. The number of rotatable bonds is 24. The maximum absolute atomic E-state index is 12.5. The predicted octanol–water partition coefficient (Wildman–Crippen LogP) is 6.89. The van der Waals surface area contributed by atoms with Crippen LogP contribution >= 0.6 is 7.82 Å². The molecule has 9 heteroatoms. The van der Waals surface area contributed by atoms with Crippen molar-refractivity contribution in [2.45, 2.75) is 129 Å². The fourth-order valence-corrected chi connectivity index (χ4v) is 6.81. The number of hydrogen-bond acceptors (Lipinski definition) is 7. The Morgan fingerprint density at radius 3 is 2.00 bits per heavy atom. The number of piperidine rings is 1. The molecule has 2 bridgehead atoms. The molecule has 2 fully saturated rings. The van der Waals surface area contributed by atoms with Gasteiger partial charge in [0.1, 0.15) is 6.10 Å². The lowest BCUT2D eigenvalue weighted by atomic mass is 9.89. The Balaban J connectivity index is 1.48. The number of nitrogens with zero attached hydrogens (tertiary/aromatic N) is 1. The molecule has 2 heterocycles. The van der Waals surface area contributed by atoms with Crippen molar-refractivity contribution >= 4 is 13.8 Å². The Hall–Kier alpha value is -0.500. The Morgan fingerprint density at radius 2 is 1.50 bits per heavy atom. The largest absolute Gasteiger partial charge is 0.472 e. The molecule has 8 nitrogen and oxygen atoms in total. The number of ether oxygens (including phenoxy) is 2. The average Bonchev–Trinajstić information content (AvgIpc) is 3.50. The second kappa shape index (κ2) is 19.6. The number of phosphoric acid groups is 1. The van der Waals surface area contributed by atoms with Crippen molar-refractivity contribution in [3.8, 4) is 0 Å². The standard InChI is InChI=1S/C29H56NO7P/c1-4-5-6-7-8-9-10-11-12-13-14-15-16-17-20-34-23-28(36-26(3)31)24-35-38(32,33)37-25(2)29-22-30-19-18-27(29)21-30/h25,27-29H,4-24H2,1-3H3,(H,32,33). The molecule has 2 saturated heterocycles. The average molecular weight is 562 g/mol. The first-order valence-corrected chi connectivity index (χ1v) is 16.9. The molecule has 38 heavy (non-hydrogen) atoms. The van der Waals surface area contributed by atoms with Crippen molar-refractivity contribution in [1.29, 1.82) is 0 Å².